The van der Waals surface area contributed by atoms with Crippen molar-refractivity contribution in [1.82, 2.24) is 9.97 Å². The van der Waals surface area contributed by atoms with Crippen LogP contribution >= 0.6 is 43.5 Å². The number of hydrogen-bond acceptors (Lipinski definition) is 2. The van der Waals surface area contributed by atoms with E-state index < -0.39 is 0 Å². The van der Waals surface area contributed by atoms with Gasteiger partial charge < -0.3 is 15.7 Å². The number of fused-ring (bicyclic) bond motifs is 1. The van der Waals surface area contributed by atoms with Gasteiger partial charge in [-0.3, -0.25) is 0 Å². The third-order valence-electron chi connectivity index (χ3n) is 3.27. The summed E-state index contributed by atoms with van der Waals surface area (Å²) in [4.78, 5) is 16.8. The number of imidazole rings is 1. The van der Waals surface area contributed by atoms with Crippen molar-refractivity contribution in [2.75, 3.05) is 0 Å². The van der Waals surface area contributed by atoms with Gasteiger partial charge in [-0.25, -0.2) is 4.79 Å². The maximum absolute atomic E-state index is 11.4. The molecule has 0 saturated carbocycles. The van der Waals surface area contributed by atoms with Crippen LogP contribution in [-0.2, 0) is 0 Å². The normalized spacial score (nSPS) is 12.8. The molecule has 3 aromatic rings. The molecule has 4 N–H and O–H groups in total. The van der Waals surface area contributed by atoms with Crippen molar-refractivity contribution < 1.29 is 0 Å². The van der Waals surface area contributed by atoms with Gasteiger partial charge in [-0.1, -0.05) is 33.6 Å². The minimum Gasteiger partial charge on any atom is -0.320 e. The first-order chi connectivity index (χ1) is 9.95. The van der Waals surface area contributed by atoms with E-state index in [0.717, 1.165) is 31.1 Å². The predicted octanol–water partition coefficient (Wildman–Crippen LogP) is 4.08. The molecule has 0 amide bonds. The molecule has 1 heterocycles. The van der Waals surface area contributed by atoms with Gasteiger partial charge in [0.2, 0.25) is 0 Å². The van der Waals surface area contributed by atoms with E-state index in [2.05, 4.69) is 41.8 Å². The van der Waals surface area contributed by atoms with Gasteiger partial charge in [-0.15, -0.1) is 0 Å². The fourth-order valence-electron chi connectivity index (χ4n) is 2.20. The van der Waals surface area contributed by atoms with Crippen LogP contribution in [0.25, 0.3) is 11.0 Å². The quantitative estimate of drug-likeness (QED) is 0.572. The maximum atomic E-state index is 11.4. The second-order valence-corrected chi connectivity index (χ2v) is 6.77. The van der Waals surface area contributed by atoms with E-state index in [1.807, 2.05) is 24.3 Å². The molecule has 3 rings (SSSR count). The highest BCUT2D eigenvalue weighted by molar-refractivity contribution is 9.10. The Morgan fingerprint density at radius 2 is 1.71 bits per heavy atom. The van der Waals surface area contributed by atoms with Crippen molar-refractivity contribution >= 4 is 54.5 Å². The first kappa shape index (κ1) is 14.8. The van der Waals surface area contributed by atoms with Crippen molar-refractivity contribution in [3.8, 4) is 0 Å². The van der Waals surface area contributed by atoms with E-state index >= 15 is 0 Å². The zero-order valence-corrected chi connectivity index (χ0v) is 14.5. The summed E-state index contributed by atoms with van der Waals surface area (Å²) in [6, 6.07) is 8.94. The number of halogens is 3. The summed E-state index contributed by atoms with van der Waals surface area (Å²) in [5.74, 6) is 0. The number of aromatic amines is 2. The number of nitrogens with two attached hydrogens (primary N) is 1. The summed E-state index contributed by atoms with van der Waals surface area (Å²) in [5.41, 5.74) is 9.36. The summed E-state index contributed by atoms with van der Waals surface area (Å²) >= 11 is 12.9. The van der Waals surface area contributed by atoms with E-state index in [0.29, 0.717) is 5.02 Å². The number of H-pyrrole nitrogens is 2. The molecule has 1 atom stereocenters. The van der Waals surface area contributed by atoms with Crippen LogP contribution in [-0.4, -0.2) is 9.97 Å². The highest BCUT2D eigenvalue weighted by Gasteiger charge is 2.15. The lowest BCUT2D eigenvalue weighted by Crippen LogP contribution is -2.12. The van der Waals surface area contributed by atoms with Crippen LogP contribution in [0.4, 0.5) is 0 Å². The van der Waals surface area contributed by atoms with Gasteiger partial charge in [0.15, 0.2) is 0 Å². The fourth-order valence-corrected chi connectivity index (χ4v) is 3.30. The van der Waals surface area contributed by atoms with E-state index in [1.54, 1.807) is 6.07 Å². The van der Waals surface area contributed by atoms with Gasteiger partial charge in [0, 0.05) is 8.95 Å². The summed E-state index contributed by atoms with van der Waals surface area (Å²) in [6.45, 7) is 0. The molecular formula is C14H10Br2ClN3O. The Morgan fingerprint density at radius 3 is 2.38 bits per heavy atom. The summed E-state index contributed by atoms with van der Waals surface area (Å²) < 4.78 is 1.63. The lowest BCUT2D eigenvalue weighted by atomic mass is 9.99. The molecule has 0 aliphatic rings. The SMILES string of the molecule is NC(c1ccc(Cl)c(Br)c1)c1cc2[nH]c(=O)[nH]c2cc1Br. The Labute approximate surface area is 142 Å². The monoisotopic (exact) mass is 429 g/mol. The standard InChI is InChI=1S/C14H10Br2ClN3O/c15-8-5-12-11(19-14(21)20-12)4-7(8)13(18)6-1-2-10(17)9(16)3-6/h1-5,13H,18H2,(H2,19,20,21). The van der Waals surface area contributed by atoms with Gasteiger partial charge in [0.1, 0.15) is 0 Å². The topological polar surface area (TPSA) is 74.7 Å². The van der Waals surface area contributed by atoms with Crippen LogP contribution in [0, 0.1) is 0 Å². The van der Waals surface area contributed by atoms with Crippen molar-refractivity contribution in [2.24, 2.45) is 5.73 Å². The molecule has 108 valence electrons. The maximum Gasteiger partial charge on any atom is 0.323 e. The Hall–Kier alpha value is -1.08. The molecule has 0 fully saturated rings. The molecule has 2 aromatic carbocycles. The van der Waals surface area contributed by atoms with Gasteiger partial charge in [-0.05, 0) is 51.3 Å². The average Bonchev–Trinajstić information content (AvgIpc) is 2.79. The zero-order chi connectivity index (χ0) is 15.1. The van der Waals surface area contributed by atoms with E-state index in [1.165, 1.54) is 0 Å². The second kappa shape index (κ2) is 5.61. The number of rotatable bonds is 2. The smallest absolute Gasteiger partial charge is 0.320 e. The van der Waals surface area contributed by atoms with Gasteiger partial charge in [0.25, 0.3) is 0 Å². The molecule has 7 heteroatoms. The average molecular weight is 432 g/mol. The number of hydrogen-bond donors (Lipinski definition) is 3. The first-order valence-electron chi connectivity index (χ1n) is 6.07. The third kappa shape index (κ3) is 2.81. The molecule has 0 radical (unpaired) electrons. The number of nitrogens with one attached hydrogen (secondary N) is 2. The van der Waals surface area contributed by atoms with Crippen LogP contribution in [0.15, 0.2) is 44.1 Å². The van der Waals surface area contributed by atoms with Crippen molar-refractivity contribution in [1.29, 1.82) is 0 Å². The number of benzene rings is 2. The molecule has 0 spiro atoms. The van der Waals surface area contributed by atoms with Crippen LogP contribution in [0.2, 0.25) is 5.02 Å². The third-order valence-corrected chi connectivity index (χ3v) is 5.17. The van der Waals surface area contributed by atoms with Crippen LogP contribution in [0.5, 0.6) is 0 Å². The molecular weight excluding hydrogens is 421 g/mol. The Bertz CT molecular complexity index is 888. The predicted molar refractivity (Wildman–Crippen MR) is 91.8 cm³/mol. The van der Waals surface area contributed by atoms with Gasteiger partial charge >= 0.3 is 5.69 Å². The lowest BCUT2D eigenvalue weighted by Gasteiger charge is -2.15. The largest absolute Gasteiger partial charge is 0.323 e. The molecule has 0 bridgehead atoms. The summed E-state index contributed by atoms with van der Waals surface area (Å²) in [7, 11) is 0. The Kier molecular flexibility index (Phi) is 3.96. The summed E-state index contributed by atoms with van der Waals surface area (Å²) in [6.07, 6.45) is 0. The van der Waals surface area contributed by atoms with Crippen molar-refractivity contribution in [3.05, 3.63) is 65.9 Å². The van der Waals surface area contributed by atoms with Gasteiger partial charge in [-0.2, -0.15) is 0 Å². The van der Waals surface area contributed by atoms with Crippen LogP contribution < -0.4 is 11.4 Å². The molecule has 1 unspecified atom stereocenters. The Balaban J connectivity index is 2.11. The first-order valence-corrected chi connectivity index (χ1v) is 8.04. The lowest BCUT2D eigenvalue weighted by molar-refractivity contribution is 0.866. The minimum atomic E-state index is -0.337. The Morgan fingerprint density at radius 1 is 1.05 bits per heavy atom. The highest BCUT2D eigenvalue weighted by Crippen LogP contribution is 2.32. The molecule has 0 aliphatic carbocycles. The molecule has 21 heavy (non-hydrogen) atoms. The minimum absolute atomic E-state index is 0.239. The van der Waals surface area contributed by atoms with Crippen LogP contribution in [0.3, 0.4) is 0 Å². The molecule has 0 aliphatic heterocycles. The van der Waals surface area contributed by atoms with Crippen molar-refractivity contribution in [3.63, 3.8) is 0 Å². The number of aromatic nitrogens is 2. The molecule has 0 saturated heterocycles. The zero-order valence-electron chi connectivity index (χ0n) is 10.6. The highest BCUT2D eigenvalue weighted by atomic mass is 79.9. The molecule has 1 aromatic heterocycles. The second-order valence-electron chi connectivity index (χ2n) is 4.65. The fraction of sp³-hybridized carbons (Fsp3) is 0.0714. The van der Waals surface area contributed by atoms with Crippen molar-refractivity contribution in [2.45, 2.75) is 6.04 Å². The van der Waals surface area contributed by atoms with Gasteiger partial charge in [0.05, 0.1) is 22.1 Å². The molecule has 4 nitrogen and oxygen atoms in total. The van der Waals surface area contributed by atoms with E-state index in [-0.39, 0.29) is 11.7 Å². The van der Waals surface area contributed by atoms with Crippen LogP contribution in [0.1, 0.15) is 17.2 Å². The van der Waals surface area contributed by atoms with E-state index in [9.17, 15) is 4.79 Å². The summed E-state index contributed by atoms with van der Waals surface area (Å²) in [5, 5.41) is 0.635. The van der Waals surface area contributed by atoms with E-state index in [4.69, 9.17) is 17.3 Å².